The second-order valence-electron chi connectivity index (χ2n) is 5.01. The van der Waals surface area contributed by atoms with E-state index in [4.69, 9.17) is 15.2 Å². The molecule has 1 aromatic carbocycles. The average molecular weight is 233 g/mol. The van der Waals surface area contributed by atoms with Crippen LogP contribution in [0.3, 0.4) is 0 Å². The van der Waals surface area contributed by atoms with Gasteiger partial charge >= 0.3 is 0 Å². The number of hydrogen-bond donors (Lipinski definition) is 1. The number of benzene rings is 1. The molecule has 3 heteroatoms. The summed E-state index contributed by atoms with van der Waals surface area (Å²) < 4.78 is 11.1. The second-order valence-corrected chi connectivity index (χ2v) is 5.01. The molecule has 0 saturated heterocycles. The van der Waals surface area contributed by atoms with Crippen LogP contribution in [-0.4, -0.2) is 14.2 Å². The van der Waals surface area contributed by atoms with Gasteiger partial charge in [-0.05, 0) is 37.2 Å². The molecule has 2 bridgehead atoms. The Bertz CT molecular complexity index is 456. The van der Waals surface area contributed by atoms with Gasteiger partial charge in [-0.2, -0.15) is 0 Å². The van der Waals surface area contributed by atoms with Gasteiger partial charge in [0, 0.05) is 23.2 Å². The van der Waals surface area contributed by atoms with Gasteiger partial charge in [0.2, 0.25) is 0 Å². The van der Waals surface area contributed by atoms with Crippen LogP contribution in [0.5, 0.6) is 11.5 Å². The van der Waals surface area contributed by atoms with E-state index in [1.165, 1.54) is 30.4 Å². The molecule has 1 saturated carbocycles. The van der Waals surface area contributed by atoms with Crippen LogP contribution < -0.4 is 15.2 Å². The van der Waals surface area contributed by atoms with Gasteiger partial charge in [0.05, 0.1) is 14.2 Å². The second kappa shape index (κ2) is 3.91. The van der Waals surface area contributed by atoms with E-state index in [0.29, 0.717) is 18.4 Å². The van der Waals surface area contributed by atoms with E-state index in [2.05, 4.69) is 6.07 Å². The standard InChI is InChI=1S/C14H19NO2/c1-16-11-6-10(7-15)14(17-2)13-9-4-3-8(5-9)12(11)13/h6,8-9H,3-5,7,15H2,1-2H3. The van der Waals surface area contributed by atoms with Gasteiger partial charge in [0.25, 0.3) is 0 Å². The van der Waals surface area contributed by atoms with Crippen molar-refractivity contribution in [1.82, 2.24) is 0 Å². The summed E-state index contributed by atoms with van der Waals surface area (Å²) in [6.45, 7) is 0.504. The monoisotopic (exact) mass is 233 g/mol. The van der Waals surface area contributed by atoms with Crippen molar-refractivity contribution >= 4 is 0 Å². The first kappa shape index (κ1) is 10.9. The van der Waals surface area contributed by atoms with Crippen LogP contribution in [-0.2, 0) is 6.54 Å². The lowest BCUT2D eigenvalue weighted by atomic mass is 9.88. The first-order chi connectivity index (χ1) is 8.30. The molecule has 2 aliphatic carbocycles. The minimum absolute atomic E-state index is 0.504. The molecule has 0 radical (unpaired) electrons. The van der Waals surface area contributed by atoms with E-state index in [0.717, 1.165) is 17.1 Å². The third-order valence-electron chi connectivity index (χ3n) is 4.29. The van der Waals surface area contributed by atoms with Gasteiger partial charge in [0.15, 0.2) is 0 Å². The normalized spacial score (nSPS) is 24.9. The molecule has 0 amide bonds. The summed E-state index contributed by atoms with van der Waals surface area (Å²) in [5, 5.41) is 0. The van der Waals surface area contributed by atoms with Crippen molar-refractivity contribution in [2.24, 2.45) is 5.73 Å². The summed E-state index contributed by atoms with van der Waals surface area (Å²) in [5.74, 6) is 3.35. The summed E-state index contributed by atoms with van der Waals surface area (Å²) in [4.78, 5) is 0. The Hall–Kier alpha value is -1.22. The summed E-state index contributed by atoms with van der Waals surface area (Å²) in [6, 6.07) is 2.05. The van der Waals surface area contributed by atoms with Crippen LogP contribution in [0.4, 0.5) is 0 Å². The molecule has 0 aliphatic heterocycles. The molecular formula is C14H19NO2. The topological polar surface area (TPSA) is 44.5 Å². The number of ether oxygens (including phenoxy) is 2. The molecule has 0 aromatic heterocycles. The SMILES string of the molecule is COc1cc(CN)c(OC)c2c1C1CCC2C1. The van der Waals surface area contributed by atoms with Gasteiger partial charge in [-0.25, -0.2) is 0 Å². The number of methoxy groups -OCH3 is 2. The fourth-order valence-corrected chi connectivity index (χ4v) is 3.62. The molecule has 0 spiro atoms. The molecule has 2 atom stereocenters. The highest BCUT2D eigenvalue weighted by Crippen LogP contribution is 2.59. The highest BCUT2D eigenvalue weighted by molar-refractivity contribution is 5.60. The Kier molecular flexibility index (Phi) is 2.51. The third kappa shape index (κ3) is 1.38. The zero-order chi connectivity index (χ0) is 12.0. The van der Waals surface area contributed by atoms with Crippen molar-refractivity contribution in [3.63, 3.8) is 0 Å². The van der Waals surface area contributed by atoms with Crippen LogP contribution >= 0.6 is 0 Å². The molecule has 2 aliphatic rings. The zero-order valence-corrected chi connectivity index (χ0v) is 10.5. The van der Waals surface area contributed by atoms with Crippen LogP contribution in [0, 0.1) is 0 Å². The van der Waals surface area contributed by atoms with E-state index >= 15 is 0 Å². The molecule has 1 fully saturated rings. The summed E-state index contributed by atoms with van der Waals surface area (Å²) in [5.41, 5.74) is 9.64. The van der Waals surface area contributed by atoms with E-state index in [9.17, 15) is 0 Å². The maximum absolute atomic E-state index is 5.81. The Morgan fingerprint density at radius 1 is 1.18 bits per heavy atom. The Morgan fingerprint density at radius 3 is 2.47 bits per heavy atom. The van der Waals surface area contributed by atoms with Gasteiger partial charge in [-0.15, -0.1) is 0 Å². The molecule has 17 heavy (non-hydrogen) atoms. The average Bonchev–Trinajstić information content (AvgIpc) is 2.98. The van der Waals surface area contributed by atoms with E-state index in [1.54, 1.807) is 14.2 Å². The summed E-state index contributed by atoms with van der Waals surface area (Å²) >= 11 is 0. The van der Waals surface area contributed by atoms with Crippen molar-refractivity contribution in [1.29, 1.82) is 0 Å². The Balaban J connectivity index is 2.25. The number of rotatable bonds is 3. The summed E-state index contributed by atoms with van der Waals surface area (Å²) in [7, 11) is 3.49. The van der Waals surface area contributed by atoms with Crippen LogP contribution in [0.25, 0.3) is 0 Å². The lowest BCUT2D eigenvalue weighted by molar-refractivity contribution is 0.387. The van der Waals surface area contributed by atoms with Crippen molar-refractivity contribution < 1.29 is 9.47 Å². The molecular weight excluding hydrogens is 214 g/mol. The first-order valence-electron chi connectivity index (χ1n) is 6.27. The predicted octanol–water partition coefficient (Wildman–Crippen LogP) is 2.53. The minimum atomic E-state index is 0.504. The van der Waals surface area contributed by atoms with Gasteiger partial charge in [0.1, 0.15) is 11.5 Å². The molecule has 3 rings (SSSR count). The summed E-state index contributed by atoms with van der Waals surface area (Å²) in [6.07, 6.45) is 3.83. The smallest absolute Gasteiger partial charge is 0.127 e. The molecule has 1 aromatic rings. The molecule has 0 heterocycles. The van der Waals surface area contributed by atoms with Crippen molar-refractivity contribution in [2.45, 2.75) is 37.6 Å². The van der Waals surface area contributed by atoms with Crippen LogP contribution in [0.15, 0.2) is 6.07 Å². The van der Waals surface area contributed by atoms with Crippen LogP contribution in [0.1, 0.15) is 47.8 Å². The van der Waals surface area contributed by atoms with Gasteiger partial charge in [-0.3, -0.25) is 0 Å². The number of nitrogens with two attached hydrogens (primary N) is 1. The lowest BCUT2D eigenvalue weighted by Crippen LogP contribution is -2.08. The van der Waals surface area contributed by atoms with E-state index in [1.807, 2.05) is 0 Å². The maximum Gasteiger partial charge on any atom is 0.127 e. The largest absolute Gasteiger partial charge is 0.496 e. The molecule has 2 N–H and O–H groups in total. The van der Waals surface area contributed by atoms with Crippen LogP contribution in [0.2, 0.25) is 0 Å². The quantitative estimate of drug-likeness (QED) is 0.872. The maximum atomic E-state index is 5.81. The van der Waals surface area contributed by atoms with Gasteiger partial charge in [-0.1, -0.05) is 0 Å². The fraction of sp³-hybridized carbons (Fsp3) is 0.571. The van der Waals surface area contributed by atoms with Crippen molar-refractivity contribution in [2.75, 3.05) is 14.2 Å². The number of hydrogen-bond acceptors (Lipinski definition) is 3. The fourth-order valence-electron chi connectivity index (χ4n) is 3.62. The lowest BCUT2D eigenvalue weighted by Gasteiger charge is -2.23. The van der Waals surface area contributed by atoms with Crippen molar-refractivity contribution in [3.8, 4) is 11.5 Å². The molecule has 92 valence electrons. The van der Waals surface area contributed by atoms with Crippen molar-refractivity contribution in [3.05, 3.63) is 22.8 Å². The first-order valence-corrected chi connectivity index (χ1v) is 6.27. The minimum Gasteiger partial charge on any atom is -0.496 e. The Morgan fingerprint density at radius 2 is 1.88 bits per heavy atom. The van der Waals surface area contributed by atoms with E-state index < -0.39 is 0 Å². The zero-order valence-electron chi connectivity index (χ0n) is 10.5. The molecule has 3 nitrogen and oxygen atoms in total. The van der Waals surface area contributed by atoms with Gasteiger partial charge < -0.3 is 15.2 Å². The van der Waals surface area contributed by atoms with E-state index in [-0.39, 0.29) is 0 Å². The predicted molar refractivity (Wildman–Crippen MR) is 66.8 cm³/mol. The molecule has 2 unspecified atom stereocenters. The third-order valence-corrected chi connectivity index (χ3v) is 4.29. The highest BCUT2D eigenvalue weighted by Gasteiger charge is 2.41. The number of fused-ring (bicyclic) bond motifs is 5. The Labute approximate surface area is 102 Å². The highest BCUT2D eigenvalue weighted by atomic mass is 16.5.